The molecule has 0 saturated carbocycles. The highest BCUT2D eigenvalue weighted by molar-refractivity contribution is 5.94. The number of benzene rings is 3. The number of aliphatic carboxylic acids is 1. The Morgan fingerprint density at radius 3 is 2.02 bits per heavy atom. The molecule has 1 aliphatic rings. The number of hydrogen-bond donors (Lipinski definition) is 1. The molecule has 1 amide bonds. The first kappa shape index (κ1) is 38.3. The predicted molar refractivity (Wildman–Crippen MR) is 186 cm³/mol. The van der Waals surface area contributed by atoms with E-state index in [-0.39, 0.29) is 12.5 Å². The number of piperazine rings is 1. The first-order valence-corrected chi connectivity index (χ1v) is 15.9. The zero-order chi connectivity index (χ0) is 34.1. The van der Waals surface area contributed by atoms with Crippen LogP contribution in [0.3, 0.4) is 0 Å². The fraction of sp³-hybridized carbons (Fsp3) is 0.459. The van der Waals surface area contributed by atoms with Crippen molar-refractivity contribution in [2.24, 2.45) is 0 Å². The van der Waals surface area contributed by atoms with E-state index in [9.17, 15) is 9.59 Å². The summed E-state index contributed by atoms with van der Waals surface area (Å²) in [5.41, 5.74) is 4.21. The number of nitrogens with zero attached hydrogens (tertiary/aromatic N) is 4. The molecule has 1 N–H and O–H groups in total. The number of hydrogen-bond acceptors (Lipinski definition) is 7. The fourth-order valence-electron chi connectivity index (χ4n) is 4.93. The molecular formula is C37H54N4O5. The SMILES string of the molecule is CCN(CC)C(=O)c1cccc(Cc2cccc(OC)c2)c1.CN(C)C.C[C@H]1CN(Cc2cccc(OCC(=O)O)c2)CCN1C. The van der Waals surface area contributed by atoms with E-state index in [2.05, 4.69) is 42.0 Å². The first-order valence-electron chi connectivity index (χ1n) is 15.9. The average Bonchev–Trinajstić information content (AvgIpc) is 3.03. The van der Waals surface area contributed by atoms with Gasteiger partial charge in [0.05, 0.1) is 7.11 Å². The second-order valence-electron chi connectivity index (χ2n) is 11.9. The third-order valence-corrected chi connectivity index (χ3v) is 7.48. The van der Waals surface area contributed by atoms with E-state index in [0.29, 0.717) is 11.8 Å². The minimum Gasteiger partial charge on any atom is -0.497 e. The molecule has 3 aromatic carbocycles. The van der Waals surface area contributed by atoms with Gasteiger partial charge in [-0.1, -0.05) is 36.4 Å². The summed E-state index contributed by atoms with van der Waals surface area (Å²) in [6.45, 7) is 11.5. The molecule has 0 spiro atoms. The van der Waals surface area contributed by atoms with Crippen LogP contribution in [0.1, 0.15) is 47.8 Å². The maximum atomic E-state index is 12.4. The summed E-state index contributed by atoms with van der Waals surface area (Å²) >= 11 is 0. The van der Waals surface area contributed by atoms with Crippen LogP contribution >= 0.6 is 0 Å². The molecule has 1 saturated heterocycles. The lowest BCUT2D eigenvalue weighted by Crippen LogP contribution is -2.49. The number of carbonyl (C=O) groups is 2. The van der Waals surface area contributed by atoms with Crippen LogP contribution in [-0.2, 0) is 17.8 Å². The molecule has 9 nitrogen and oxygen atoms in total. The van der Waals surface area contributed by atoms with Crippen molar-refractivity contribution in [3.63, 3.8) is 0 Å². The van der Waals surface area contributed by atoms with E-state index < -0.39 is 5.97 Å². The summed E-state index contributed by atoms with van der Waals surface area (Å²) in [4.78, 5) is 31.5. The van der Waals surface area contributed by atoms with Gasteiger partial charge in [0.25, 0.3) is 5.91 Å². The second kappa shape index (κ2) is 20.3. The Hall–Kier alpha value is -3.92. The van der Waals surface area contributed by atoms with E-state index in [1.54, 1.807) is 13.2 Å². The standard InChI is InChI=1S/C19H23NO2.C15H22N2O3.C3H9N/c1-4-20(5-2)19(21)17-10-6-8-15(13-17)12-16-9-7-11-18(14-16)22-3;1-12-9-17(7-6-16(12)2)10-13-4-3-5-14(8-13)20-11-15(18)19;1-4(2)3/h6-11,13-14H,4-5,12H2,1-3H3;3-5,8,12H,6-7,9-11H2,1-2H3,(H,18,19);1-3H3/t;12-;/m.0./s1. The summed E-state index contributed by atoms with van der Waals surface area (Å²) in [7, 11) is 9.82. The van der Waals surface area contributed by atoms with Crippen LogP contribution in [0.5, 0.6) is 11.5 Å². The summed E-state index contributed by atoms with van der Waals surface area (Å²) in [6, 6.07) is 24.1. The van der Waals surface area contributed by atoms with Crippen molar-refractivity contribution < 1.29 is 24.2 Å². The lowest BCUT2D eigenvalue weighted by Gasteiger charge is -2.37. The maximum absolute atomic E-state index is 12.4. The molecule has 1 aliphatic heterocycles. The number of ether oxygens (including phenoxy) is 2. The summed E-state index contributed by atoms with van der Waals surface area (Å²) < 4.78 is 10.5. The quantitative estimate of drug-likeness (QED) is 0.307. The number of carboxylic acid groups (broad SMARTS) is 1. The van der Waals surface area contributed by atoms with Crippen molar-refractivity contribution in [1.29, 1.82) is 0 Å². The van der Waals surface area contributed by atoms with Gasteiger partial charge < -0.3 is 29.3 Å². The molecule has 1 fully saturated rings. The smallest absolute Gasteiger partial charge is 0.341 e. The van der Waals surface area contributed by atoms with Gasteiger partial charge in [0.2, 0.25) is 0 Å². The van der Waals surface area contributed by atoms with Crippen LogP contribution in [0, 0.1) is 0 Å². The molecule has 4 rings (SSSR count). The Kier molecular flexibility index (Phi) is 16.8. The zero-order valence-corrected chi connectivity index (χ0v) is 29.0. The van der Waals surface area contributed by atoms with Crippen molar-refractivity contribution in [1.82, 2.24) is 19.6 Å². The van der Waals surface area contributed by atoms with Crippen LogP contribution in [0.2, 0.25) is 0 Å². The van der Waals surface area contributed by atoms with E-state index in [4.69, 9.17) is 14.6 Å². The van der Waals surface area contributed by atoms with Crippen molar-refractivity contribution in [2.45, 2.75) is 39.8 Å². The molecule has 9 heteroatoms. The topological polar surface area (TPSA) is 85.8 Å². The number of amides is 1. The summed E-state index contributed by atoms with van der Waals surface area (Å²) in [5.74, 6) is 0.612. The van der Waals surface area contributed by atoms with E-state index in [1.165, 1.54) is 5.56 Å². The fourth-order valence-corrected chi connectivity index (χ4v) is 4.93. The normalized spacial score (nSPS) is 14.8. The number of carboxylic acids is 1. The van der Waals surface area contributed by atoms with Gasteiger partial charge in [0, 0.05) is 50.9 Å². The van der Waals surface area contributed by atoms with Crippen molar-refractivity contribution in [2.75, 3.05) is 74.6 Å². The van der Waals surface area contributed by atoms with Crippen molar-refractivity contribution >= 4 is 11.9 Å². The molecule has 1 atom stereocenters. The third kappa shape index (κ3) is 14.0. The van der Waals surface area contributed by atoms with Crippen LogP contribution in [0.25, 0.3) is 0 Å². The lowest BCUT2D eigenvalue weighted by atomic mass is 10.0. The highest BCUT2D eigenvalue weighted by Crippen LogP contribution is 2.19. The van der Waals surface area contributed by atoms with Crippen molar-refractivity contribution in [3.8, 4) is 11.5 Å². The Bertz CT molecular complexity index is 1340. The molecule has 0 aromatic heterocycles. The number of rotatable bonds is 11. The summed E-state index contributed by atoms with van der Waals surface area (Å²) in [5, 5.41) is 8.62. The van der Waals surface area contributed by atoms with Crippen LogP contribution < -0.4 is 9.47 Å². The average molecular weight is 635 g/mol. The van der Waals surface area contributed by atoms with E-state index >= 15 is 0 Å². The molecule has 1 heterocycles. The van der Waals surface area contributed by atoms with Crippen LogP contribution in [-0.4, -0.2) is 117 Å². The molecule has 0 unspecified atom stereocenters. The molecule has 252 valence electrons. The molecule has 46 heavy (non-hydrogen) atoms. The maximum Gasteiger partial charge on any atom is 0.341 e. The highest BCUT2D eigenvalue weighted by Gasteiger charge is 2.20. The van der Waals surface area contributed by atoms with Crippen LogP contribution in [0.4, 0.5) is 0 Å². The lowest BCUT2D eigenvalue weighted by molar-refractivity contribution is -0.139. The minimum absolute atomic E-state index is 0.0949. The van der Waals surface area contributed by atoms with Crippen molar-refractivity contribution in [3.05, 3.63) is 95.1 Å². The van der Waals surface area contributed by atoms with Gasteiger partial charge in [0.15, 0.2) is 6.61 Å². The number of methoxy groups -OCH3 is 1. The number of likely N-dealkylation sites (N-methyl/N-ethyl adjacent to an activating group) is 1. The van der Waals surface area contributed by atoms with Gasteiger partial charge >= 0.3 is 5.97 Å². The van der Waals surface area contributed by atoms with Gasteiger partial charge in [-0.05, 0) is 108 Å². The van der Waals surface area contributed by atoms with Gasteiger partial charge in [-0.3, -0.25) is 9.69 Å². The molecule has 0 bridgehead atoms. The van der Waals surface area contributed by atoms with E-state index in [1.807, 2.05) is 93.3 Å². The monoisotopic (exact) mass is 634 g/mol. The zero-order valence-electron chi connectivity index (χ0n) is 29.0. The Morgan fingerprint density at radius 1 is 0.870 bits per heavy atom. The van der Waals surface area contributed by atoms with Gasteiger partial charge in [-0.2, -0.15) is 0 Å². The Labute approximate surface area is 276 Å². The highest BCUT2D eigenvalue weighted by atomic mass is 16.5. The van der Waals surface area contributed by atoms with Crippen LogP contribution in [0.15, 0.2) is 72.8 Å². The third-order valence-electron chi connectivity index (χ3n) is 7.48. The minimum atomic E-state index is -0.955. The predicted octanol–water partition coefficient (Wildman–Crippen LogP) is 5.23. The van der Waals surface area contributed by atoms with Gasteiger partial charge in [0.1, 0.15) is 11.5 Å². The second-order valence-corrected chi connectivity index (χ2v) is 11.9. The molecule has 0 aliphatic carbocycles. The van der Waals surface area contributed by atoms with Gasteiger partial charge in [-0.25, -0.2) is 4.79 Å². The Balaban J connectivity index is 0.000000288. The Morgan fingerprint density at radius 2 is 1.43 bits per heavy atom. The molecular weight excluding hydrogens is 580 g/mol. The number of carbonyl (C=O) groups excluding carboxylic acids is 1. The van der Waals surface area contributed by atoms with Gasteiger partial charge in [-0.15, -0.1) is 0 Å². The first-order chi connectivity index (χ1) is 21.9. The largest absolute Gasteiger partial charge is 0.497 e. The molecule has 0 radical (unpaired) electrons. The molecule has 3 aromatic rings. The van der Waals surface area contributed by atoms with E-state index in [0.717, 1.165) is 68.1 Å². The summed E-state index contributed by atoms with van der Waals surface area (Å²) in [6.07, 6.45) is 0.788.